The zero-order valence-corrected chi connectivity index (χ0v) is 11.2. The largest absolute Gasteiger partial charge is 0.431 e. The normalized spacial score (nSPS) is 10.9. The minimum atomic E-state index is 0.659. The number of oxazole rings is 1. The summed E-state index contributed by atoms with van der Waals surface area (Å²) < 4.78 is 9.54. The Morgan fingerprint density at radius 2 is 2.28 bits per heavy atom. The maximum atomic E-state index is 5.63. The van der Waals surface area contributed by atoms with Gasteiger partial charge in [0.05, 0.1) is 5.75 Å². The fourth-order valence-electron chi connectivity index (χ4n) is 1.54. The van der Waals surface area contributed by atoms with Crippen LogP contribution in [0.25, 0.3) is 11.1 Å². The standard InChI is InChI=1S/C11H10N4OS2/c1-12-10-8(14-15-18-10)6-17-11-13-7-4-2-3-5-9(7)16-11/h2-5,12H,6H2,1H3. The first kappa shape index (κ1) is 11.5. The fourth-order valence-corrected chi connectivity index (χ4v) is 2.93. The highest BCUT2D eigenvalue weighted by Crippen LogP contribution is 2.28. The van der Waals surface area contributed by atoms with Crippen LogP contribution < -0.4 is 5.32 Å². The second-order valence-corrected chi connectivity index (χ2v) is 5.22. The lowest BCUT2D eigenvalue weighted by Gasteiger charge is -1.96. The Balaban J connectivity index is 1.77. The molecular formula is C11H10N4OS2. The number of nitrogens with zero attached hydrogens (tertiary/aromatic N) is 3. The van der Waals surface area contributed by atoms with Crippen molar-refractivity contribution in [1.82, 2.24) is 14.6 Å². The Labute approximate surface area is 112 Å². The second-order valence-electron chi connectivity index (χ2n) is 3.53. The summed E-state index contributed by atoms with van der Waals surface area (Å²) in [5, 5.41) is 8.78. The van der Waals surface area contributed by atoms with Gasteiger partial charge in [-0.05, 0) is 12.1 Å². The summed E-state index contributed by atoms with van der Waals surface area (Å²) in [6, 6.07) is 7.73. The molecule has 0 radical (unpaired) electrons. The third-order valence-corrected chi connectivity index (χ3v) is 4.01. The van der Waals surface area contributed by atoms with Crippen molar-refractivity contribution in [1.29, 1.82) is 0 Å². The molecule has 0 amide bonds. The molecular weight excluding hydrogens is 268 g/mol. The van der Waals surface area contributed by atoms with E-state index in [-0.39, 0.29) is 0 Å². The summed E-state index contributed by atoms with van der Waals surface area (Å²) in [5.74, 6) is 0.694. The van der Waals surface area contributed by atoms with E-state index >= 15 is 0 Å². The number of hydrogen-bond donors (Lipinski definition) is 1. The molecule has 2 aromatic heterocycles. The first-order chi connectivity index (χ1) is 8.86. The van der Waals surface area contributed by atoms with Crippen LogP contribution in [0.3, 0.4) is 0 Å². The molecule has 0 spiro atoms. The molecule has 0 saturated heterocycles. The Morgan fingerprint density at radius 3 is 3.11 bits per heavy atom. The number of para-hydroxylation sites is 2. The van der Waals surface area contributed by atoms with E-state index < -0.39 is 0 Å². The highest BCUT2D eigenvalue weighted by atomic mass is 32.2. The topological polar surface area (TPSA) is 63.8 Å². The molecule has 0 saturated carbocycles. The van der Waals surface area contributed by atoms with E-state index in [1.807, 2.05) is 31.3 Å². The van der Waals surface area contributed by atoms with Gasteiger partial charge in [-0.25, -0.2) is 4.98 Å². The highest BCUT2D eigenvalue weighted by molar-refractivity contribution is 7.98. The van der Waals surface area contributed by atoms with E-state index in [9.17, 15) is 0 Å². The van der Waals surface area contributed by atoms with Crippen molar-refractivity contribution in [3.63, 3.8) is 0 Å². The predicted molar refractivity (Wildman–Crippen MR) is 73.0 cm³/mol. The minimum absolute atomic E-state index is 0.659. The third-order valence-electron chi connectivity index (χ3n) is 2.39. The summed E-state index contributed by atoms with van der Waals surface area (Å²) in [7, 11) is 1.86. The average Bonchev–Trinajstić information content (AvgIpc) is 3.01. The molecule has 0 unspecified atom stereocenters. The zero-order chi connectivity index (χ0) is 12.4. The maximum absolute atomic E-state index is 5.63. The van der Waals surface area contributed by atoms with Crippen molar-refractivity contribution < 1.29 is 4.42 Å². The Morgan fingerprint density at radius 1 is 1.39 bits per heavy atom. The van der Waals surface area contributed by atoms with Gasteiger partial charge < -0.3 is 9.73 Å². The van der Waals surface area contributed by atoms with Gasteiger partial charge in [0.1, 0.15) is 16.2 Å². The predicted octanol–water partition coefficient (Wildman–Crippen LogP) is 3.01. The van der Waals surface area contributed by atoms with E-state index in [4.69, 9.17) is 4.42 Å². The zero-order valence-electron chi connectivity index (χ0n) is 9.58. The van der Waals surface area contributed by atoms with Crippen LogP contribution in [0.4, 0.5) is 5.00 Å². The molecule has 0 fully saturated rings. The smallest absolute Gasteiger partial charge is 0.257 e. The molecule has 5 nitrogen and oxygen atoms in total. The Hall–Kier alpha value is -1.60. The third kappa shape index (κ3) is 2.19. The monoisotopic (exact) mass is 278 g/mol. The van der Waals surface area contributed by atoms with Crippen LogP contribution in [-0.2, 0) is 5.75 Å². The van der Waals surface area contributed by atoms with Gasteiger partial charge in [0, 0.05) is 18.6 Å². The summed E-state index contributed by atoms with van der Waals surface area (Å²) in [4.78, 5) is 4.40. The number of nitrogens with one attached hydrogen (secondary N) is 1. The average molecular weight is 278 g/mol. The molecule has 0 bridgehead atoms. The molecule has 92 valence electrons. The van der Waals surface area contributed by atoms with Gasteiger partial charge in [-0.1, -0.05) is 28.4 Å². The number of aromatic nitrogens is 3. The molecule has 2 heterocycles. The summed E-state index contributed by atoms with van der Waals surface area (Å²) in [6.07, 6.45) is 0. The minimum Gasteiger partial charge on any atom is -0.431 e. The van der Waals surface area contributed by atoms with E-state index in [2.05, 4.69) is 19.9 Å². The number of fused-ring (bicyclic) bond motifs is 1. The van der Waals surface area contributed by atoms with Crippen molar-refractivity contribution in [2.75, 3.05) is 12.4 Å². The van der Waals surface area contributed by atoms with E-state index in [0.29, 0.717) is 11.0 Å². The van der Waals surface area contributed by atoms with Crippen LogP contribution in [0.15, 0.2) is 33.9 Å². The van der Waals surface area contributed by atoms with E-state index in [0.717, 1.165) is 21.8 Å². The molecule has 0 aliphatic carbocycles. The molecule has 0 aliphatic rings. The number of thioether (sulfide) groups is 1. The van der Waals surface area contributed by atoms with Crippen LogP contribution in [0.5, 0.6) is 0 Å². The summed E-state index contributed by atoms with van der Waals surface area (Å²) >= 11 is 2.87. The van der Waals surface area contributed by atoms with Crippen LogP contribution in [0.1, 0.15) is 5.69 Å². The van der Waals surface area contributed by atoms with Crippen LogP contribution >= 0.6 is 23.3 Å². The van der Waals surface area contributed by atoms with Crippen LogP contribution in [0.2, 0.25) is 0 Å². The molecule has 3 aromatic rings. The fraction of sp³-hybridized carbons (Fsp3) is 0.182. The highest BCUT2D eigenvalue weighted by Gasteiger charge is 2.10. The lowest BCUT2D eigenvalue weighted by Crippen LogP contribution is -1.90. The first-order valence-corrected chi connectivity index (χ1v) is 7.10. The Bertz CT molecular complexity index is 631. The SMILES string of the molecule is CNc1snnc1CSc1nc2ccccc2o1. The van der Waals surface area contributed by atoms with Gasteiger partial charge in [0.15, 0.2) is 5.58 Å². The van der Waals surface area contributed by atoms with E-state index in [1.165, 1.54) is 23.3 Å². The molecule has 0 aliphatic heterocycles. The van der Waals surface area contributed by atoms with E-state index in [1.54, 1.807) is 0 Å². The second kappa shape index (κ2) is 4.95. The maximum Gasteiger partial charge on any atom is 0.257 e. The van der Waals surface area contributed by atoms with Crippen molar-refractivity contribution >= 4 is 39.4 Å². The summed E-state index contributed by atoms with van der Waals surface area (Å²) in [5.41, 5.74) is 2.62. The van der Waals surface area contributed by atoms with Gasteiger partial charge in [0.2, 0.25) is 0 Å². The number of rotatable bonds is 4. The molecule has 18 heavy (non-hydrogen) atoms. The van der Waals surface area contributed by atoms with Gasteiger partial charge in [-0.3, -0.25) is 0 Å². The number of benzene rings is 1. The van der Waals surface area contributed by atoms with Gasteiger partial charge >= 0.3 is 0 Å². The molecule has 3 rings (SSSR count). The van der Waals surface area contributed by atoms with Gasteiger partial charge in [-0.2, -0.15) is 0 Å². The van der Waals surface area contributed by atoms with Crippen LogP contribution in [-0.4, -0.2) is 21.6 Å². The lowest BCUT2D eigenvalue weighted by atomic mass is 10.3. The molecule has 1 N–H and O–H groups in total. The Kier molecular flexibility index (Phi) is 3.16. The van der Waals surface area contributed by atoms with Crippen molar-refractivity contribution in [3.8, 4) is 0 Å². The molecule has 0 atom stereocenters. The lowest BCUT2D eigenvalue weighted by molar-refractivity contribution is 0.489. The summed E-state index contributed by atoms with van der Waals surface area (Å²) in [6.45, 7) is 0. The quantitative estimate of drug-likeness (QED) is 0.740. The van der Waals surface area contributed by atoms with Crippen LogP contribution in [0, 0.1) is 0 Å². The number of anilines is 1. The first-order valence-electron chi connectivity index (χ1n) is 5.34. The molecule has 1 aromatic carbocycles. The van der Waals surface area contributed by atoms with Crippen molar-refractivity contribution in [3.05, 3.63) is 30.0 Å². The molecule has 7 heteroatoms. The van der Waals surface area contributed by atoms with Gasteiger partial charge in [-0.15, -0.1) is 5.10 Å². The number of hydrogen-bond acceptors (Lipinski definition) is 7. The van der Waals surface area contributed by atoms with Crippen molar-refractivity contribution in [2.24, 2.45) is 0 Å². The van der Waals surface area contributed by atoms with Crippen molar-refractivity contribution in [2.45, 2.75) is 11.0 Å². The van der Waals surface area contributed by atoms with Gasteiger partial charge in [0.25, 0.3) is 5.22 Å².